The number of hydrogen-bond donors (Lipinski definition) is 2. The van der Waals surface area contributed by atoms with Crippen LogP contribution in [0.5, 0.6) is 0 Å². The number of nitrogen functional groups attached to an aromatic ring is 1. The quantitative estimate of drug-likeness (QED) is 0.345. The van der Waals surface area contributed by atoms with Crippen LogP contribution >= 0.6 is 35.3 Å². The van der Waals surface area contributed by atoms with Crippen LogP contribution < -0.4 is 11.1 Å². The summed E-state index contributed by atoms with van der Waals surface area (Å²) >= 11 is 8.40. The van der Waals surface area contributed by atoms with Gasteiger partial charge in [-0.2, -0.15) is 15.0 Å². The van der Waals surface area contributed by atoms with Crippen LogP contribution in [0.2, 0.25) is 0 Å². The highest BCUT2D eigenvalue weighted by Gasteiger charge is 2.10. The molecule has 0 aliphatic heterocycles. The van der Waals surface area contributed by atoms with Gasteiger partial charge < -0.3 is 11.1 Å². The minimum atomic E-state index is 0.173. The second-order valence-electron chi connectivity index (χ2n) is 5.59. The van der Waals surface area contributed by atoms with Crippen molar-refractivity contribution in [3.05, 3.63) is 70.4 Å². The molecule has 28 heavy (non-hydrogen) atoms. The monoisotopic (exact) mass is 425 g/mol. The third kappa shape index (κ3) is 4.53. The molecule has 3 N–H and O–H groups in total. The van der Waals surface area contributed by atoms with E-state index in [0.29, 0.717) is 21.5 Å². The lowest BCUT2D eigenvalue weighted by Crippen LogP contribution is -2.06. The zero-order valence-corrected chi connectivity index (χ0v) is 17.0. The van der Waals surface area contributed by atoms with Crippen molar-refractivity contribution in [3.63, 3.8) is 0 Å². The number of nitrogens with one attached hydrogen (secondary N) is 1. The fourth-order valence-electron chi connectivity index (χ4n) is 2.39. The smallest absolute Gasteiger partial charge is 0.232 e. The number of hydrogen-bond acceptors (Lipinski definition) is 9. The van der Waals surface area contributed by atoms with Gasteiger partial charge in [0.2, 0.25) is 11.9 Å². The molecule has 4 aromatic rings. The van der Waals surface area contributed by atoms with Gasteiger partial charge in [0, 0.05) is 5.69 Å². The van der Waals surface area contributed by atoms with Gasteiger partial charge in [-0.15, -0.1) is 5.10 Å². The zero-order valence-electron chi connectivity index (χ0n) is 14.5. The molecule has 2 aromatic carbocycles. The van der Waals surface area contributed by atoms with Crippen molar-refractivity contribution < 1.29 is 0 Å². The predicted molar refractivity (Wildman–Crippen MR) is 116 cm³/mol. The molecule has 2 heterocycles. The molecule has 0 spiro atoms. The van der Waals surface area contributed by atoms with Gasteiger partial charge in [0.15, 0.2) is 8.29 Å². The fourth-order valence-corrected chi connectivity index (χ4v) is 4.60. The Morgan fingerprint density at radius 3 is 2.46 bits per heavy atom. The van der Waals surface area contributed by atoms with E-state index in [9.17, 15) is 0 Å². The van der Waals surface area contributed by atoms with E-state index in [4.69, 9.17) is 18.0 Å². The third-order valence-electron chi connectivity index (χ3n) is 3.58. The molecule has 0 radical (unpaired) electrons. The van der Waals surface area contributed by atoms with Gasteiger partial charge in [-0.25, -0.2) is 4.68 Å². The van der Waals surface area contributed by atoms with E-state index in [2.05, 4.69) is 25.4 Å². The molecule has 0 fully saturated rings. The maximum Gasteiger partial charge on any atom is 0.232 e. The number of para-hydroxylation sites is 2. The molecule has 4 rings (SSSR count). The minimum Gasteiger partial charge on any atom is -0.368 e. The molecule has 0 atom stereocenters. The van der Waals surface area contributed by atoms with Crippen molar-refractivity contribution >= 4 is 52.9 Å². The third-order valence-corrected chi connectivity index (χ3v) is 5.95. The van der Waals surface area contributed by atoms with Crippen LogP contribution in [0.1, 0.15) is 5.82 Å². The van der Waals surface area contributed by atoms with E-state index in [1.807, 2.05) is 60.7 Å². The molecule has 0 bridgehead atoms. The summed E-state index contributed by atoms with van der Waals surface area (Å²) in [6.07, 6.45) is 0. The lowest BCUT2D eigenvalue weighted by Gasteiger charge is -2.06. The summed E-state index contributed by atoms with van der Waals surface area (Å²) in [5.41, 5.74) is 7.66. The van der Waals surface area contributed by atoms with Gasteiger partial charge in [0.25, 0.3) is 0 Å². The first-order valence-electron chi connectivity index (χ1n) is 8.28. The highest BCUT2D eigenvalue weighted by molar-refractivity contribution is 8.00. The van der Waals surface area contributed by atoms with E-state index < -0.39 is 0 Å². The molecular weight excluding hydrogens is 410 g/mol. The maximum absolute atomic E-state index is 5.84. The van der Waals surface area contributed by atoms with Crippen LogP contribution in [0, 0.1) is 3.95 Å². The number of rotatable bonds is 6. The first kappa shape index (κ1) is 18.5. The summed E-state index contributed by atoms with van der Waals surface area (Å²) in [7, 11) is 0. The van der Waals surface area contributed by atoms with Crippen LogP contribution in [0.3, 0.4) is 0 Å². The number of nitrogens with zero attached hydrogens (tertiary/aromatic N) is 5. The Morgan fingerprint density at radius 2 is 1.71 bits per heavy atom. The number of nitrogens with two attached hydrogens (primary N) is 1. The van der Waals surface area contributed by atoms with Gasteiger partial charge in [-0.1, -0.05) is 59.5 Å². The highest BCUT2D eigenvalue weighted by Crippen LogP contribution is 2.26. The maximum atomic E-state index is 5.84. The van der Waals surface area contributed by atoms with Crippen LogP contribution in [-0.4, -0.2) is 24.7 Å². The lowest BCUT2D eigenvalue weighted by atomic mass is 10.3. The molecule has 0 amide bonds. The van der Waals surface area contributed by atoms with Gasteiger partial charge in [-0.3, -0.25) is 0 Å². The average molecular weight is 426 g/mol. The van der Waals surface area contributed by atoms with Gasteiger partial charge in [-0.05, 0) is 36.5 Å². The van der Waals surface area contributed by atoms with E-state index in [-0.39, 0.29) is 5.95 Å². The van der Waals surface area contributed by atoms with E-state index in [1.54, 1.807) is 4.68 Å². The Balaban J connectivity index is 1.49. The van der Waals surface area contributed by atoms with Crippen LogP contribution in [-0.2, 0) is 5.75 Å². The SMILES string of the molecule is Nc1nc(CSc2nn(-c3ccccc3)c(=S)s2)nc(Nc2ccccc2)n1. The Hall–Kier alpha value is -2.82. The number of anilines is 3. The van der Waals surface area contributed by atoms with E-state index in [0.717, 1.165) is 15.7 Å². The average Bonchev–Trinajstić information content (AvgIpc) is 3.08. The van der Waals surface area contributed by atoms with Crippen LogP contribution in [0.4, 0.5) is 17.6 Å². The Labute approximate surface area is 174 Å². The molecule has 2 aromatic heterocycles. The van der Waals surface area contributed by atoms with Crippen molar-refractivity contribution in [2.24, 2.45) is 0 Å². The topological polar surface area (TPSA) is 94.5 Å². The van der Waals surface area contributed by atoms with Gasteiger partial charge in [0.1, 0.15) is 5.82 Å². The summed E-state index contributed by atoms with van der Waals surface area (Å²) in [5, 5.41) is 7.72. The van der Waals surface area contributed by atoms with Gasteiger partial charge in [0.05, 0.1) is 11.4 Å². The minimum absolute atomic E-state index is 0.173. The van der Waals surface area contributed by atoms with Crippen molar-refractivity contribution in [3.8, 4) is 5.69 Å². The first-order valence-corrected chi connectivity index (χ1v) is 10.5. The van der Waals surface area contributed by atoms with Crippen molar-refractivity contribution in [1.29, 1.82) is 0 Å². The highest BCUT2D eigenvalue weighted by atomic mass is 32.2. The molecular formula is C18H15N7S3. The summed E-state index contributed by atoms with van der Waals surface area (Å²) in [4.78, 5) is 12.8. The molecule has 0 saturated carbocycles. The Kier molecular flexibility index (Phi) is 5.60. The zero-order chi connectivity index (χ0) is 19.3. The summed E-state index contributed by atoms with van der Waals surface area (Å²) in [5.74, 6) is 1.67. The normalized spacial score (nSPS) is 10.7. The molecule has 10 heteroatoms. The Morgan fingerprint density at radius 1 is 1.00 bits per heavy atom. The van der Waals surface area contributed by atoms with Crippen molar-refractivity contribution in [1.82, 2.24) is 24.7 Å². The molecule has 7 nitrogen and oxygen atoms in total. The molecule has 0 saturated heterocycles. The van der Waals surface area contributed by atoms with Crippen LogP contribution in [0.25, 0.3) is 5.69 Å². The van der Waals surface area contributed by atoms with Crippen molar-refractivity contribution in [2.75, 3.05) is 11.1 Å². The second kappa shape index (κ2) is 8.46. The molecule has 140 valence electrons. The summed E-state index contributed by atoms with van der Waals surface area (Å²) in [6.45, 7) is 0. The van der Waals surface area contributed by atoms with Gasteiger partial charge >= 0.3 is 0 Å². The standard InChI is InChI=1S/C18H15N7S3/c19-15-21-14(22-16(23-15)20-12-7-3-1-4-8-12)11-27-17-24-25(18(26)28-17)13-9-5-2-6-10-13/h1-10H,11H2,(H3,19,20,21,22,23). The summed E-state index contributed by atoms with van der Waals surface area (Å²) < 4.78 is 3.28. The molecule has 0 unspecified atom stereocenters. The molecule has 0 aliphatic rings. The first-order chi connectivity index (χ1) is 13.7. The fraction of sp³-hybridized carbons (Fsp3) is 0.0556. The lowest BCUT2D eigenvalue weighted by molar-refractivity contribution is 0.829. The predicted octanol–water partition coefficient (Wildman–Crippen LogP) is 4.47. The number of thioether (sulfide) groups is 1. The Bertz CT molecular complexity index is 1130. The number of aromatic nitrogens is 5. The van der Waals surface area contributed by atoms with Crippen molar-refractivity contribution in [2.45, 2.75) is 10.1 Å². The van der Waals surface area contributed by atoms with E-state index >= 15 is 0 Å². The second-order valence-corrected chi connectivity index (χ2v) is 8.44. The van der Waals surface area contributed by atoms with Crippen LogP contribution in [0.15, 0.2) is 65.0 Å². The largest absolute Gasteiger partial charge is 0.368 e. The summed E-state index contributed by atoms with van der Waals surface area (Å²) in [6, 6.07) is 19.5. The van der Waals surface area contributed by atoms with E-state index in [1.165, 1.54) is 23.1 Å². The molecule has 0 aliphatic carbocycles. The number of benzene rings is 2.